The number of carbonyl (C=O) groups is 1. The summed E-state index contributed by atoms with van der Waals surface area (Å²) in [4.78, 5) is 13.0. The van der Waals surface area contributed by atoms with Gasteiger partial charge < -0.3 is 24.8 Å². The molecule has 0 unspecified atom stereocenters. The van der Waals surface area contributed by atoms with Crippen molar-refractivity contribution in [3.8, 4) is 5.75 Å². The number of nitrogens with zero attached hydrogens (tertiary/aromatic N) is 1. The molecule has 0 aromatic heterocycles. The molecule has 3 rings (SSSR count). The summed E-state index contributed by atoms with van der Waals surface area (Å²) in [6.45, 7) is 1.58. The van der Waals surface area contributed by atoms with Gasteiger partial charge in [-0.25, -0.2) is 4.79 Å². The highest BCUT2D eigenvalue weighted by molar-refractivity contribution is 5.66. The first-order valence-corrected chi connectivity index (χ1v) is 9.63. The molecule has 6 nitrogen and oxygen atoms in total. The minimum absolute atomic E-state index is 0.253. The highest BCUT2D eigenvalue weighted by Gasteiger charge is 2.21. The van der Waals surface area contributed by atoms with E-state index in [2.05, 4.69) is 35.5 Å². The molecule has 0 saturated heterocycles. The number of aryl methyl sites for hydroxylation is 1. The molecule has 2 aromatic carbocycles. The second kappa shape index (κ2) is 9.46. The van der Waals surface area contributed by atoms with E-state index in [1.54, 1.807) is 7.11 Å². The average Bonchev–Trinajstić information content (AvgIpc) is 2.72. The van der Waals surface area contributed by atoms with Gasteiger partial charge in [-0.3, -0.25) is 0 Å². The van der Waals surface area contributed by atoms with E-state index >= 15 is 0 Å². The second-order valence-corrected chi connectivity index (χ2v) is 7.05. The van der Waals surface area contributed by atoms with E-state index < -0.39 is 6.09 Å². The van der Waals surface area contributed by atoms with Crippen LogP contribution in [0.25, 0.3) is 0 Å². The fraction of sp³-hybridized carbons (Fsp3) is 0.409. The molecule has 2 aromatic rings. The van der Waals surface area contributed by atoms with Crippen molar-refractivity contribution in [3.63, 3.8) is 0 Å². The molecule has 0 fully saturated rings. The second-order valence-electron chi connectivity index (χ2n) is 7.05. The molecular weight excluding hydrogens is 356 g/mol. The maximum absolute atomic E-state index is 10.8. The summed E-state index contributed by atoms with van der Waals surface area (Å²) in [6, 6.07) is 14.5. The smallest absolute Gasteiger partial charge is 0.404 e. The lowest BCUT2D eigenvalue weighted by molar-refractivity contribution is 0.146. The molecule has 6 heteroatoms. The number of rotatable bonds is 8. The van der Waals surface area contributed by atoms with Gasteiger partial charge in [0.25, 0.3) is 0 Å². The molecule has 0 aliphatic heterocycles. The molecule has 1 aliphatic carbocycles. The van der Waals surface area contributed by atoms with Gasteiger partial charge in [0, 0.05) is 38.0 Å². The minimum Gasteiger partial charge on any atom is -0.491 e. The van der Waals surface area contributed by atoms with Crippen molar-refractivity contribution in [1.82, 2.24) is 5.32 Å². The largest absolute Gasteiger partial charge is 0.491 e. The third-order valence-electron chi connectivity index (χ3n) is 5.23. The van der Waals surface area contributed by atoms with Gasteiger partial charge in [0.1, 0.15) is 12.4 Å². The lowest BCUT2D eigenvalue weighted by Crippen LogP contribution is -2.28. The number of ether oxygens (including phenoxy) is 2. The number of methoxy groups -OCH3 is 1. The van der Waals surface area contributed by atoms with E-state index in [-0.39, 0.29) is 5.92 Å². The molecule has 0 heterocycles. The molecule has 1 amide bonds. The molecule has 1 aliphatic rings. The third kappa shape index (κ3) is 4.95. The van der Waals surface area contributed by atoms with Crippen LogP contribution >= 0.6 is 0 Å². The topological polar surface area (TPSA) is 71.0 Å². The van der Waals surface area contributed by atoms with Gasteiger partial charge in [-0.2, -0.15) is 0 Å². The predicted molar refractivity (Wildman–Crippen MR) is 110 cm³/mol. The van der Waals surface area contributed by atoms with E-state index in [9.17, 15) is 4.79 Å². The van der Waals surface area contributed by atoms with Crippen molar-refractivity contribution in [2.24, 2.45) is 0 Å². The fourth-order valence-corrected chi connectivity index (χ4v) is 3.69. The summed E-state index contributed by atoms with van der Waals surface area (Å²) in [6.07, 6.45) is 2.18. The van der Waals surface area contributed by atoms with Crippen molar-refractivity contribution in [3.05, 3.63) is 53.6 Å². The monoisotopic (exact) mass is 384 g/mol. The zero-order valence-electron chi connectivity index (χ0n) is 16.5. The summed E-state index contributed by atoms with van der Waals surface area (Å²) in [5.41, 5.74) is 4.78. The van der Waals surface area contributed by atoms with Gasteiger partial charge >= 0.3 is 6.09 Å². The Kier molecular flexibility index (Phi) is 6.76. The number of fused-ring (bicyclic) bond motifs is 1. The maximum atomic E-state index is 10.8. The van der Waals surface area contributed by atoms with Crippen molar-refractivity contribution in [2.75, 3.05) is 38.8 Å². The summed E-state index contributed by atoms with van der Waals surface area (Å²) < 4.78 is 10.6. The van der Waals surface area contributed by atoms with Crippen LogP contribution in [0, 0.1) is 0 Å². The van der Waals surface area contributed by atoms with Crippen LogP contribution in [0.2, 0.25) is 0 Å². The number of anilines is 2. The molecule has 0 spiro atoms. The van der Waals surface area contributed by atoms with E-state index in [1.807, 2.05) is 24.3 Å². The van der Waals surface area contributed by atoms with Gasteiger partial charge in [-0.05, 0) is 66.8 Å². The number of hydrogen-bond donors (Lipinski definition) is 2. The molecular formula is C22H28N2O4. The molecule has 28 heavy (non-hydrogen) atoms. The first-order valence-electron chi connectivity index (χ1n) is 9.63. The first kappa shape index (κ1) is 20.0. The van der Waals surface area contributed by atoms with Crippen LogP contribution in [0.4, 0.5) is 16.2 Å². The number of benzene rings is 2. The quantitative estimate of drug-likeness (QED) is 0.669. The summed E-state index contributed by atoms with van der Waals surface area (Å²) in [7, 11) is 3.71. The van der Waals surface area contributed by atoms with Gasteiger partial charge in [-0.15, -0.1) is 0 Å². The molecule has 150 valence electrons. The van der Waals surface area contributed by atoms with Gasteiger partial charge in [0.2, 0.25) is 0 Å². The summed E-state index contributed by atoms with van der Waals surface area (Å²) in [5.74, 6) is 1.08. The van der Waals surface area contributed by atoms with Crippen molar-refractivity contribution in [1.29, 1.82) is 0 Å². The Bertz CT molecular complexity index is 792. The predicted octanol–water partition coefficient (Wildman–Crippen LogP) is 4.17. The van der Waals surface area contributed by atoms with E-state index in [1.165, 1.54) is 11.1 Å². The van der Waals surface area contributed by atoms with Crippen molar-refractivity contribution < 1.29 is 19.4 Å². The van der Waals surface area contributed by atoms with Gasteiger partial charge in [0.05, 0.1) is 6.61 Å². The summed E-state index contributed by atoms with van der Waals surface area (Å²) in [5, 5.41) is 11.4. The maximum Gasteiger partial charge on any atom is 0.404 e. The van der Waals surface area contributed by atoms with Crippen LogP contribution in [0.1, 0.15) is 29.9 Å². The van der Waals surface area contributed by atoms with Crippen molar-refractivity contribution in [2.45, 2.75) is 25.2 Å². The number of nitrogens with one attached hydrogen (secondary N) is 1. The number of hydrogen-bond acceptors (Lipinski definition) is 4. The van der Waals surface area contributed by atoms with Crippen LogP contribution in [0.3, 0.4) is 0 Å². The van der Waals surface area contributed by atoms with E-state index in [0.29, 0.717) is 19.8 Å². The lowest BCUT2D eigenvalue weighted by atomic mass is 9.82. The minimum atomic E-state index is -0.960. The van der Waals surface area contributed by atoms with Gasteiger partial charge in [0.15, 0.2) is 0 Å². The van der Waals surface area contributed by atoms with E-state index in [0.717, 1.165) is 36.4 Å². The van der Waals surface area contributed by atoms with Gasteiger partial charge in [-0.1, -0.05) is 6.07 Å². The average molecular weight is 384 g/mol. The van der Waals surface area contributed by atoms with Crippen LogP contribution in [-0.4, -0.2) is 45.1 Å². The Labute approximate surface area is 166 Å². The zero-order chi connectivity index (χ0) is 19.9. The fourth-order valence-electron chi connectivity index (χ4n) is 3.69. The Morgan fingerprint density at radius 1 is 1.18 bits per heavy atom. The molecule has 0 bridgehead atoms. The Morgan fingerprint density at radius 2 is 1.93 bits per heavy atom. The van der Waals surface area contributed by atoms with Crippen LogP contribution in [-0.2, 0) is 11.2 Å². The molecule has 0 radical (unpaired) electrons. The summed E-state index contributed by atoms with van der Waals surface area (Å²) >= 11 is 0. The lowest BCUT2D eigenvalue weighted by Gasteiger charge is -2.28. The van der Waals surface area contributed by atoms with E-state index in [4.69, 9.17) is 14.6 Å². The molecule has 2 N–H and O–H groups in total. The highest BCUT2D eigenvalue weighted by Crippen LogP contribution is 2.35. The van der Waals surface area contributed by atoms with Crippen LogP contribution in [0.5, 0.6) is 5.75 Å². The number of carboxylic acid groups (broad SMARTS) is 1. The Hall–Kier alpha value is -2.73. The zero-order valence-corrected chi connectivity index (χ0v) is 16.5. The number of amides is 1. The third-order valence-corrected chi connectivity index (χ3v) is 5.23. The van der Waals surface area contributed by atoms with Crippen molar-refractivity contribution >= 4 is 17.5 Å². The van der Waals surface area contributed by atoms with Crippen LogP contribution < -0.4 is 15.0 Å². The highest BCUT2D eigenvalue weighted by atomic mass is 16.5. The normalized spacial score (nSPS) is 15.6. The standard InChI is InChI=1S/C22H28N2O4/c1-24(18-6-9-20(10-7-18)28-13-12-27-2)19-8-11-21-16(14-19)4-3-5-17(21)15-23-22(25)26/h6-11,14,17,23H,3-5,12-13,15H2,1-2H3,(H,25,26)/t17-/m0/s1. The molecule has 1 atom stereocenters. The first-order chi connectivity index (χ1) is 13.6. The molecule has 0 saturated carbocycles. The Balaban J connectivity index is 1.70. The Morgan fingerprint density at radius 3 is 2.64 bits per heavy atom. The van der Waals surface area contributed by atoms with Crippen LogP contribution in [0.15, 0.2) is 42.5 Å². The SMILES string of the molecule is COCCOc1ccc(N(C)c2ccc3c(c2)CCC[C@H]3CNC(=O)O)cc1.